The summed E-state index contributed by atoms with van der Waals surface area (Å²) in [6.45, 7) is 0.300. The van der Waals surface area contributed by atoms with Gasteiger partial charge in [0.25, 0.3) is 5.91 Å². The monoisotopic (exact) mass is 405 g/mol. The summed E-state index contributed by atoms with van der Waals surface area (Å²) in [6, 6.07) is 25.2. The minimum Gasteiger partial charge on any atom is -0.444 e. The Morgan fingerprint density at radius 3 is 2.17 bits per heavy atom. The molecule has 0 bridgehead atoms. The summed E-state index contributed by atoms with van der Waals surface area (Å²) in [6.07, 6.45) is 2.27. The highest BCUT2D eigenvalue weighted by Crippen LogP contribution is 2.11. The van der Waals surface area contributed by atoms with Gasteiger partial charge in [0.2, 0.25) is 0 Å². The largest absolute Gasteiger partial charge is 0.444 e. The van der Waals surface area contributed by atoms with Crippen molar-refractivity contribution in [1.82, 2.24) is 5.32 Å². The van der Waals surface area contributed by atoms with Gasteiger partial charge in [-0.3, -0.25) is 4.79 Å². The van der Waals surface area contributed by atoms with Gasteiger partial charge in [0.1, 0.15) is 0 Å². The number of hydrogen-bond acceptors (Lipinski definition) is 3. The van der Waals surface area contributed by atoms with Gasteiger partial charge in [-0.2, -0.15) is 0 Å². The van der Waals surface area contributed by atoms with Crippen LogP contribution in [0.5, 0.6) is 0 Å². The molecule has 1 atom stereocenters. The lowest BCUT2D eigenvalue weighted by Crippen LogP contribution is -2.36. The molecule has 0 saturated carbocycles. The molecule has 0 aliphatic carbocycles. The second-order valence-electron chi connectivity index (χ2n) is 6.31. The molecule has 146 valence electrons. The molecule has 0 aliphatic rings. The molecule has 0 aromatic heterocycles. The average Bonchev–Trinajstić information content (AvgIpc) is 2.77. The maximum atomic E-state index is 12.7. The second kappa shape index (κ2) is 10.2. The van der Waals surface area contributed by atoms with E-state index in [2.05, 4.69) is 5.32 Å². The molecule has 1 unspecified atom stereocenters. The highest BCUT2D eigenvalue weighted by molar-refractivity contribution is 6.30. The predicted molar refractivity (Wildman–Crippen MR) is 114 cm³/mol. The zero-order valence-corrected chi connectivity index (χ0v) is 16.4. The Hall–Kier alpha value is -3.37. The fourth-order valence-electron chi connectivity index (χ4n) is 2.59. The van der Waals surface area contributed by atoms with Crippen molar-refractivity contribution in [3.05, 3.63) is 113 Å². The van der Waals surface area contributed by atoms with Gasteiger partial charge in [-0.1, -0.05) is 78.3 Å². The minimum absolute atomic E-state index is 0.300. The molecule has 4 nitrogen and oxygen atoms in total. The van der Waals surface area contributed by atoms with Crippen LogP contribution < -0.4 is 5.32 Å². The van der Waals surface area contributed by atoms with Crippen LogP contribution in [-0.4, -0.2) is 18.0 Å². The van der Waals surface area contributed by atoms with Gasteiger partial charge in [0.05, 0.1) is 5.56 Å². The summed E-state index contributed by atoms with van der Waals surface area (Å²) < 4.78 is 5.47. The van der Waals surface area contributed by atoms with E-state index in [9.17, 15) is 9.59 Å². The molecular weight excluding hydrogens is 386 g/mol. The molecule has 5 heteroatoms. The summed E-state index contributed by atoms with van der Waals surface area (Å²) in [5.74, 6) is -0.966. The van der Waals surface area contributed by atoms with Crippen LogP contribution in [0.25, 0.3) is 6.08 Å². The first-order valence-corrected chi connectivity index (χ1v) is 9.51. The molecule has 3 rings (SSSR count). The van der Waals surface area contributed by atoms with Gasteiger partial charge in [-0.05, 0) is 41.5 Å². The highest BCUT2D eigenvalue weighted by atomic mass is 35.5. The number of benzene rings is 3. The molecule has 1 amide bonds. The summed E-state index contributed by atoms with van der Waals surface area (Å²) in [5.41, 5.74) is 2.18. The van der Waals surface area contributed by atoms with Crippen molar-refractivity contribution in [2.24, 2.45) is 0 Å². The molecule has 0 aliphatic heterocycles. The van der Waals surface area contributed by atoms with E-state index in [0.717, 1.165) is 11.1 Å². The Morgan fingerprint density at radius 2 is 1.52 bits per heavy atom. The van der Waals surface area contributed by atoms with Gasteiger partial charge >= 0.3 is 5.97 Å². The normalized spacial score (nSPS) is 11.8. The molecule has 0 spiro atoms. The van der Waals surface area contributed by atoms with Gasteiger partial charge in [0.15, 0.2) is 6.10 Å². The Morgan fingerprint density at radius 1 is 0.897 bits per heavy atom. The molecule has 0 heterocycles. The summed E-state index contributed by atoms with van der Waals surface area (Å²) >= 11 is 5.89. The smallest absolute Gasteiger partial charge is 0.339 e. The lowest BCUT2D eigenvalue weighted by molar-refractivity contribution is -0.127. The zero-order valence-electron chi connectivity index (χ0n) is 15.6. The molecule has 1 N–H and O–H groups in total. The number of hydrogen-bond donors (Lipinski definition) is 1. The van der Waals surface area contributed by atoms with Gasteiger partial charge in [-0.25, -0.2) is 4.79 Å². The third-order valence-corrected chi connectivity index (χ3v) is 4.40. The number of esters is 1. The van der Waals surface area contributed by atoms with Crippen molar-refractivity contribution < 1.29 is 14.3 Å². The van der Waals surface area contributed by atoms with E-state index in [1.807, 2.05) is 48.5 Å². The van der Waals surface area contributed by atoms with Crippen LogP contribution in [0.1, 0.15) is 21.5 Å². The van der Waals surface area contributed by atoms with E-state index in [0.29, 0.717) is 17.1 Å². The fourth-order valence-corrected chi connectivity index (χ4v) is 2.72. The number of carbonyl (C=O) groups excluding carboxylic acids is 2. The minimum atomic E-state index is -1.06. The van der Waals surface area contributed by atoms with E-state index in [4.69, 9.17) is 16.3 Å². The first-order chi connectivity index (χ1) is 14.1. The Balaban J connectivity index is 1.71. The SMILES string of the molecule is O=C(OC(/C=C/c1ccccc1)C(=O)NCc1ccc(Cl)cc1)c1ccccc1. The predicted octanol–water partition coefficient (Wildman–Crippen LogP) is 4.90. The van der Waals surface area contributed by atoms with Crippen molar-refractivity contribution in [3.8, 4) is 0 Å². The van der Waals surface area contributed by atoms with E-state index >= 15 is 0 Å². The van der Waals surface area contributed by atoms with Gasteiger partial charge < -0.3 is 10.1 Å². The maximum absolute atomic E-state index is 12.7. The van der Waals surface area contributed by atoms with Crippen molar-refractivity contribution >= 4 is 29.6 Å². The molecule has 29 heavy (non-hydrogen) atoms. The standard InChI is InChI=1S/C24H20ClNO3/c25-21-14-11-19(12-15-21)17-26-23(27)22(16-13-18-7-3-1-4-8-18)29-24(28)20-9-5-2-6-10-20/h1-16,22H,17H2,(H,26,27)/b16-13+. The third kappa shape index (κ3) is 6.33. The van der Waals surface area contributed by atoms with Crippen LogP contribution in [-0.2, 0) is 16.1 Å². The lowest BCUT2D eigenvalue weighted by Gasteiger charge is -2.15. The fraction of sp³-hybridized carbons (Fsp3) is 0.0833. The Bertz CT molecular complexity index is 970. The maximum Gasteiger partial charge on any atom is 0.339 e. The van der Waals surface area contributed by atoms with E-state index in [1.165, 1.54) is 0 Å². The number of rotatable bonds is 7. The summed E-state index contributed by atoms with van der Waals surface area (Å²) in [5, 5.41) is 3.43. The molecule has 0 radical (unpaired) electrons. The van der Waals surface area contributed by atoms with Gasteiger partial charge in [-0.15, -0.1) is 0 Å². The molecule has 3 aromatic rings. The number of nitrogens with one attached hydrogen (secondary N) is 1. The number of halogens is 1. The van der Waals surface area contributed by atoms with Gasteiger partial charge in [0, 0.05) is 11.6 Å². The molecule has 0 saturated heterocycles. The van der Waals surface area contributed by atoms with Crippen LogP contribution in [0.4, 0.5) is 0 Å². The van der Waals surface area contributed by atoms with Crippen molar-refractivity contribution in [1.29, 1.82) is 0 Å². The zero-order chi connectivity index (χ0) is 20.5. The molecule has 0 fully saturated rings. The van der Waals surface area contributed by atoms with Crippen molar-refractivity contribution in [2.75, 3.05) is 0 Å². The first-order valence-electron chi connectivity index (χ1n) is 9.13. The van der Waals surface area contributed by atoms with E-state index in [-0.39, 0.29) is 0 Å². The summed E-state index contributed by atoms with van der Waals surface area (Å²) in [4.78, 5) is 25.1. The first kappa shape index (κ1) is 20.4. The van der Waals surface area contributed by atoms with Crippen LogP contribution in [0.2, 0.25) is 5.02 Å². The summed E-state index contributed by atoms with van der Waals surface area (Å²) in [7, 11) is 0. The van der Waals surface area contributed by atoms with Crippen LogP contribution in [0.15, 0.2) is 91.0 Å². The van der Waals surface area contributed by atoms with E-state index < -0.39 is 18.0 Å². The highest BCUT2D eigenvalue weighted by Gasteiger charge is 2.21. The molecular formula is C24H20ClNO3. The van der Waals surface area contributed by atoms with E-state index in [1.54, 1.807) is 48.6 Å². The Kier molecular flexibility index (Phi) is 7.20. The van der Waals surface area contributed by atoms with Crippen LogP contribution in [0, 0.1) is 0 Å². The topological polar surface area (TPSA) is 55.4 Å². The number of carbonyl (C=O) groups is 2. The van der Waals surface area contributed by atoms with Crippen molar-refractivity contribution in [3.63, 3.8) is 0 Å². The van der Waals surface area contributed by atoms with Crippen LogP contribution >= 0.6 is 11.6 Å². The van der Waals surface area contributed by atoms with Crippen molar-refractivity contribution in [2.45, 2.75) is 12.6 Å². The molecule has 3 aromatic carbocycles. The quantitative estimate of drug-likeness (QED) is 0.569. The number of amides is 1. The second-order valence-corrected chi connectivity index (χ2v) is 6.74. The third-order valence-electron chi connectivity index (χ3n) is 4.14. The van der Waals surface area contributed by atoms with Crippen LogP contribution in [0.3, 0.4) is 0 Å². The lowest BCUT2D eigenvalue weighted by atomic mass is 10.1. The Labute approximate surface area is 174 Å². The average molecular weight is 406 g/mol. The number of ether oxygens (including phenoxy) is 1.